The van der Waals surface area contributed by atoms with Crippen molar-refractivity contribution in [3.05, 3.63) is 65.4 Å². The third-order valence-corrected chi connectivity index (χ3v) is 7.01. The van der Waals surface area contributed by atoms with Crippen LogP contribution in [0.25, 0.3) is 16.9 Å². The molecule has 2 aromatic heterocycles. The molecule has 0 radical (unpaired) electrons. The van der Waals surface area contributed by atoms with Crippen LogP contribution in [-0.2, 0) is 11.3 Å². The predicted molar refractivity (Wildman–Crippen MR) is 140 cm³/mol. The highest BCUT2D eigenvalue weighted by molar-refractivity contribution is 5.91. The van der Waals surface area contributed by atoms with Crippen molar-refractivity contribution in [2.24, 2.45) is 10.9 Å². The third-order valence-electron chi connectivity index (χ3n) is 7.01. The number of anilines is 1. The van der Waals surface area contributed by atoms with Crippen LogP contribution in [0.4, 0.5) is 15.0 Å². The molecule has 1 saturated heterocycles. The lowest BCUT2D eigenvalue weighted by Gasteiger charge is -2.21. The van der Waals surface area contributed by atoms with E-state index < -0.39 is 5.97 Å². The minimum absolute atomic E-state index is 0.0479. The largest absolute Gasteiger partial charge is 0.477 e. The highest BCUT2D eigenvalue weighted by atomic mass is 19.1. The van der Waals surface area contributed by atoms with Crippen LogP contribution in [0.2, 0.25) is 0 Å². The molecule has 2 amide bonds. The van der Waals surface area contributed by atoms with Gasteiger partial charge in [-0.2, -0.15) is 9.49 Å². The fourth-order valence-corrected chi connectivity index (χ4v) is 5.04. The van der Waals surface area contributed by atoms with Crippen LogP contribution >= 0.6 is 0 Å². The summed E-state index contributed by atoms with van der Waals surface area (Å²) in [4.78, 5) is 27.0. The van der Waals surface area contributed by atoms with Crippen LogP contribution in [0.15, 0.2) is 59.2 Å². The van der Waals surface area contributed by atoms with Gasteiger partial charge in [-0.15, -0.1) is 0 Å². The number of pyridine rings is 1. The second kappa shape index (κ2) is 10.3. The molecule has 1 unspecified atom stereocenters. The number of rotatable bonds is 6. The molecule has 3 aromatic rings. The second-order valence-electron chi connectivity index (χ2n) is 9.51. The zero-order valence-corrected chi connectivity index (χ0v) is 20.9. The molecule has 11 heteroatoms. The number of amides is 2. The van der Waals surface area contributed by atoms with Gasteiger partial charge in [-0.3, -0.25) is 15.1 Å². The number of aliphatic imine (C=N–C) groups is 1. The second-order valence-corrected chi connectivity index (χ2v) is 9.51. The minimum Gasteiger partial charge on any atom is -0.477 e. The van der Waals surface area contributed by atoms with E-state index in [9.17, 15) is 9.18 Å². The number of carbonyl (C=O) groups excluding carboxylic acids is 1. The summed E-state index contributed by atoms with van der Waals surface area (Å²) in [7, 11) is 0. The Morgan fingerprint density at radius 3 is 2.97 bits per heavy atom. The van der Waals surface area contributed by atoms with E-state index >= 15 is 0 Å². The normalized spacial score (nSPS) is 20.4. The van der Waals surface area contributed by atoms with Gasteiger partial charge in [0.2, 0.25) is 11.8 Å². The molecule has 0 saturated carbocycles. The first kappa shape index (κ1) is 24.3. The van der Waals surface area contributed by atoms with Crippen molar-refractivity contribution < 1.29 is 18.8 Å². The third kappa shape index (κ3) is 4.77. The van der Waals surface area contributed by atoms with Crippen molar-refractivity contribution in [2.45, 2.75) is 25.9 Å². The van der Waals surface area contributed by atoms with Crippen LogP contribution in [0.1, 0.15) is 17.5 Å². The number of hydroxylamine groups is 1. The van der Waals surface area contributed by atoms with Gasteiger partial charge >= 0.3 is 6.03 Å². The van der Waals surface area contributed by atoms with E-state index in [4.69, 9.17) is 14.7 Å². The number of carbonyl (C=O) groups is 1. The Bertz CT molecular complexity index is 1420. The van der Waals surface area contributed by atoms with Crippen LogP contribution in [0.3, 0.4) is 0 Å². The molecule has 0 bridgehead atoms. The number of aromatic nitrogens is 3. The van der Waals surface area contributed by atoms with Gasteiger partial charge in [0, 0.05) is 54.9 Å². The summed E-state index contributed by atoms with van der Waals surface area (Å²) in [6.07, 6.45) is 4.29. The topological polar surface area (TPSA) is 115 Å². The van der Waals surface area contributed by atoms with E-state index in [1.165, 1.54) is 6.08 Å². The Morgan fingerprint density at radius 1 is 1.26 bits per heavy atom. The van der Waals surface area contributed by atoms with E-state index in [2.05, 4.69) is 26.1 Å². The first-order valence-electron chi connectivity index (χ1n) is 12.7. The fourth-order valence-electron chi connectivity index (χ4n) is 5.04. The lowest BCUT2D eigenvalue weighted by molar-refractivity contribution is 0.0435. The molecule has 0 spiro atoms. The molecule has 6 rings (SSSR count). The standard InChI is InChI=1S/C27H28FN7O3/c1-16-23(19-11-18-8-10-37-26(18)30-13-19)34-35(21-5-3-2-4-6-21)25(16)33-27(36)31-14-20-15-32-38-24(20)17-7-9-29-22(28)12-17/h2-6,11-13,20,24,32H,7-10,14-15H2,1H3,(H2,31,33,36)/t20?,24-/m0/s1. The minimum atomic E-state index is -0.488. The number of nitrogens with zero attached hydrogens (tertiary/aromatic N) is 4. The number of nitrogens with one attached hydrogen (secondary N) is 3. The quantitative estimate of drug-likeness (QED) is 0.461. The zero-order valence-electron chi connectivity index (χ0n) is 20.9. The average Bonchev–Trinajstić information content (AvgIpc) is 3.67. The van der Waals surface area contributed by atoms with Crippen molar-refractivity contribution in [1.82, 2.24) is 25.6 Å². The SMILES string of the molecule is Cc1c(-c2cnc3c(c2)CCO3)nn(-c2ccccc2)c1NC(=O)NCC1CNO[C@H]1C1=CC(F)=NCC1. The van der Waals surface area contributed by atoms with Gasteiger partial charge in [0.1, 0.15) is 11.9 Å². The lowest BCUT2D eigenvalue weighted by atomic mass is 9.93. The summed E-state index contributed by atoms with van der Waals surface area (Å²) in [5.74, 6) is 0.687. The summed E-state index contributed by atoms with van der Waals surface area (Å²) in [6.45, 7) is 3.84. The number of ether oxygens (including phenoxy) is 1. The molecule has 2 atom stereocenters. The van der Waals surface area contributed by atoms with Gasteiger partial charge in [-0.05, 0) is 43.2 Å². The van der Waals surface area contributed by atoms with Crippen LogP contribution in [0, 0.1) is 12.8 Å². The predicted octanol–water partition coefficient (Wildman–Crippen LogP) is 3.52. The molecule has 38 heavy (non-hydrogen) atoms. The smallest absolute Gasteiger partial charge is 0.320 e. The van der Waals surface area contributed by atoms with Crippen molar-refractivity contribution in [3.8, 4) is 22.8 Å². The van der Waals surface area contributed by atoms with Gasteiger partial charge in [0.25, 0.3) is 0 Å². The first-order chi connectivity index (χ1) is 18.6. The first-order valence-corrected chi connectivity index (χ1v) is 12.7. The van der Waals surface area contributed by atoms with Gasteiger partial charge in [0.15, 0.2) is 0 Å². The van der Waals surface area contributed by atoms with Crippen molar-refractivity contribution in [3.63, 3.8) is 0 Å². The number of benzene rings is 1. The molecular weight excluding hydrogens is 489 g/mol. The van der Waals surface area contributed by atoms with Gasteiger partial charge in [-0.25, -0.2) is 19.9 Å². The van der Waals surface area contributed by atoms with Crippen molar-refractivity contribution in [1.29, 1.82) is 0 Å². The molecule has 3 N–H and O–H groups in total. The zero-order chi connectivity index (χ0) is 26.1. The lowest BCUT2D eigenvalue weighted by Crippen LogP contribution is -2.38. The number of halogens is 1. The molecule has 5 heterocycles. The molecule has 1 aromatic carbocycles. The summed E-state index contributed by atoms with van der Waals surface area (Å²) < 4.78 is 21.0. The average molecular weight is 518 g/mol. The Balaban J connectivity index is 1.22. The molecule has 3 aliphatic heterocycles. The summed E-state index contributed by atoms with van der Waals surface area (Å²) in [5, 5.41) is 10.8. The van der Waals surface area contributed by atoms with Gasteiger partial charge < -0.3 is 10.1 Å². The molecule has 3 aliphatic rings. The fraction of sp³-hybridized carbons (Fsp3) is 0.333. The molecular formula is C27H28FN7O3. The van der Waals surface area contributed by atoms with Gasteiger partial charge in [0.05, 0.1) is 18.0 Å². The Hall–Kier alpha value is -4.09. The molecule has 1 fully saturated rings. The monoisotopic (exact) mass is 517 g/mol. The highest BCUT2D eigenvalue weighted by Crippen LogP contribution is 2.33. The number of fused-ring (bicyclic) bond motifs is 1. The highest BCUT2D eigenvalue weighted by Gasteiger charge is 2.33. The maximum absolute atomic E-state index is 13.7. The van der Waals surface area contributed by atoms with Crippen LogP contribution in [-0.4, -0.2) is 59.1 Å². The maximum Gasteiger partial charge on any atom is 0.320 e. The Kier molecular flexibility index (Phi) is 6.61. The Labute approximate surface area is 218 Å². The number of hydrogen-bond donors (Lipinski definition) is 3. The van der Waals surface area contributed by atoms with Crippen molar-refractivity contribution in [2.75, 3.05) is 31.6 Å². The summed E-state index contributed by atoms with van der Waals surface area (Å²) in [5.41, 5.74) is 7.99. The van der Waals surface area contributed by atoms with E-state index in [1.54, 1.807) is 10.9 Å². The van der Waals surface area contributed by atoms with E-state index in [0.29, 0.717) is 44.4 Å². The Morgan fingerprint density at radius 2 is 2.13 bits per heavy atom. The molecule has 196 valence electrons. The number of dihydropyridines is 1. The number of urea groups is 1. The van der Waals surface area contributed by atoms with Crippen LogP contribution in [0.5, 0.6) is 5.88 Å². The number of allylic oxidation sites excluding steroid dienone is 1. The van der Waals surface area contributed by atoms with E-state index in [1.807, 2.05) is 43.3 Å². The molecule has 0 aliphatic carbocycles. The van der Waals surface area contributed by atoms with Crippen LogP contribution < -0.4 is 20.9 Å². The number of hydrogen-bond acceptors (Lipinski definition) is 7. The maximum atomic E-state index is 13.7. The van der Waals surface area contributed by atoms with E-state index in [-0.39, 0.29) is 18.1 Å². The number of para-hydroxylation sites is 1. The van der Waals surface area contributed by atoms with E-state index in [0.717, 1.165) is 40.1 Å². The van der Waals surface area contributed by atoms with Gasteiger partial charge in [-0.1, -0.05) is 18.2 Å². The summed E-state index contributed by atoms with van der Waals surface area (Å²) >= 11 is 0. The summed E-state index contributed by atoms with van der Waals surface area (Å²) in [6, 6.07) is 11.3. The van der Waals surface area contributed by atoms with Crippen molar-refractivity contribution >= 4 is 17.8 Å². The molecule has 10 nitrogen and oxygen atoms in total.